The highest BCUT2D eigenvalue weighted by Gasteiger charge is 2.39. The number of carbonyl (C=O) groups is 1. The van der Waals surface area contributed by atoms with Gasteiger partial charge in [-0.2, -0.15) is 0 Å². The van der Waals surface area contributed by atoms with Crippen LogP contribution < -0.4 is 14.2 Å². The van der Waals surface area contributed by atoms with E-state index in [0.717, 1.165) is 43.2 Å². The van der Waals surface area contributed by atoms with Gasteiger partial charge in [0.05, 0.1) is 31.9 Å². The van der Waals surface area contributed by atoms with Crippen LogP contribution in [-0.2, 0) is 4.79 Å². The molecular formula is C24H28FNO5. The highest BCUT2D eigenvalue weighted by molar-refractivity contribution is 5.71. The van der Waals surface area contributed by atoms with Crippen LogP contribution in [0.4, 0.5) is 4.39 Å². The Morgan fingerprint density at radius 3 is 2.74 bits per heavy atom. The highest BCUT2D eigenvalue weighted by Crippen LogP contribution is 2.47. The van der Waals surface area contributed by atoms with Gasteiger partial charge < -0.3 is 19.3 Å². The number of carboxylic acid groups (broad SMARTS) is 1. The molecule has 2 saturated carbocycles. The standard InChI is InChI=1S/C24H28FNO5/c1-14(24(27)28)23(16-6-7-16)17-4-3-5-18(10-17)30-13-15-8-19(9-15)31-21-11-22(29-2)26-12-20(21)25/h3-5,10-12,14-16,19,23H,6-9,13H2,1-2H3,(H,27,28)/t14-,15?,19?,23-/m0/s1. The summed E-state index contributed by atoms with van der Waals surface area (Å²) < 4.78 is 30.6. The molecule has 0 radical (unpaired) electrons. The molecule has 6 nitrogen and oxygen atoms in total. The number of aromatic nitrogens is 1. The van der Waals surface area contributed by atoms with E-state index in [9.17, 15) is 14.3 Å². The third-order valence-electron chi connectivity index (χ3n) is 6.28. The number of aliphatic carboxylic acids is 1. The minimum atomic E-state index is -0.757. The molecule has 1 aromatic carbocycles. The average molecular weight is 429 g/mol. The summed E-state index contributed by atoms with van der Waals surface area (Å²) in [6.45, 7) is 2.34. The van der Waals surface area contributed by atoms with Crippen molar-refractivity contribution in [1.82, 2.24) is 4.98 Å². The summed E-state index contributed by atoms with van der Waals surface area (Å²) in [5.74, 6) is 0.352. The predicted octanol–water partition coefficient (Wildman–Crippen LogP) is 4.68. The molecule has 0 saturated heterocycles. The first-order chi connectivity index (χ1) is 14.9. The molecule has 31 heavy (non-hydrogen) atoms. The molecular weight excluding hydrogens is 401 g/mol. The van der Waals surface area contributed by atoms with E-state index in [2.05, 4.69) is 4.98 Å². The molecule has 7 heteroatoms. The lowest BCUT2D eigenvalue weighted by molar-refractivity contribution is -0.142. The van der Waals surface area contributed by atoms with Crippen LogP contribution in [0.15, 0.2) is 36.5 Å². The zero-order valence-corrected chi connectivity index (χ0v) is 17.8. The first-order valence-corrected chi connectivity index (χ1v) is 10.8. The van der Waals surface area contributed by atoms with Crippen LogP contribution in [-0.4, -0.2) is 35.9 Å². The summed E-state index contributed by atoms with van der Waals surface area (Å²) >= 11 is 0. The van der Waals surface area contributed by atoms with Gasteiger partial charge in [0.15, 0.2) is 11.6 Å². The fraction of sp³-hybridized carbons (Fsp3) is 0.500. The van der Waals surface area contributed by atoms with Gasteiger partial charge in [-0.05, 0) is 61.1 Å². The Morgan fingerprint density at radius 1 is 1.29 bits per heavy atom. The molecule has 2 fully saturated rings. The number of carboxylic acids is 1. The van der Waals surface area contributed by atoms with E-state index < -0.39 is 17.7 Å². The Hall–Kier alpha value is -2.83. The van der Waals surface area contributed by atoms with Gasteiger partial charge in [-0.1, -0.05) is 19.1 Å². The third-order valence-corrected chi connectivity index (χ3v) is 6.28. The number of methoxy groups -OCH3 is 1. The number of hydrogen-bond donors (Lipinski definition) is 1. The summed E-state index contributed by atoms with van der Waals surface area (Å²) in [5.41, 5.74) is 1.03. The second-order valence-corrected chi connectivity index (χ2v) is 8.61. The van der Waals surface area contributed by atoms with Crippen LogP contribution in [0.1, 0.15) is 44.1 Å². The Morgan fingerprint density at radius 2 is 2.06 bits per heavy atom. The van der Waals surface area contributed by atoms with Crippen molar-refractivity contribution in [3.8, 4) is 17.4 Å². The van der Waals surface area contributed by atoms with Crippen molar-refractivity contribution in [3.05, 3.63) is 47.9 Å². The van der Waals surface area contributed by atoms with Crippen molar-refractivity contribution in [3.63, 3.8) is 0 Å². The van der Waals surface area contributed by atoms with E-state index in [4.69, 9.17) is 14.2 Å². The topological polar surface area (TPSA) is 77.9 Å². The van der Waals surface area contributed by atoms with Gasteiger partial charge >= 0.3 is 5.97 Å². The van der Waals surface area contributed by atoms with Crippen LogP contribution in [0.3, 0.4) is 0 Å². The molecule has 0 unspecified atom stereocenters. The largest absolute Gasteiger partial charge is 0.493 e. The zero-order chi connectivity index (χ0) is 22.0. The van der Waals surface area contributed by atoms with Crippen LogP contribution in [0.2, 0.25) is 0 Å². The number of benzene rings is 1. The minimum absolute atomic E-state index is 0.0229. The van der Waals surface area contributed by atoms with E-state index >= 15 is 0 Å². The summed E-state index contributed by atoms with van der Waals surface area (Å²) in [6, 6.07) is 9.28. The first-order valence-electron chi connectivity index (χ1n) is 10.8. The van der Waals surface area contributed by atoms with Gasteiger partial charge in [-0.15, -0.1) is 0 Å². The number of pyridine rings is 1. The average Bonchev–Trinajstić information content (AvgIpc) is 3.56. The van der Waals surface area contributed by atoms with Gasteiger partial charge in [-0.25, -0.2) is 9.37 Å². The molecule has 1 aromatic heterocycles. The van der Waals surface area contributed by atoms with Crippen molar-refractivity contribution in [2.24, 2.45) is 17.8 Å². The quantitative estimate of drug-likeness (QED) is 0.591. The van der Waals surface area contributed by atoms with E-state index in [1.54, 1.807) is 6.92 Å². The number of nitrogens with zero attached hydrogens (tertiary/aromatic N) is 1. The first kappa shape index (κ1) is 21.4. The number of rotatable bonds is 10. The van der Waals surface area contributed by atoms with Crippen LogP contribution in [0.5, 0.6) is 17.4 Å². The second kappa shape index (κ2) is 9.12. The maximum absolute atomic E-state index is 13.9. The molecule has 0 aliphatic heterocycles. The van der Waals surface area contributed by atoms with E-state index in [-0.39, 0.29) is 17.8 Å². The fourth-order valence-electron chi connectivity index (χ4n) is 4.29. The monoisotopic (exact) mass is 429 g/mol. The molecule has 2 aliphatic rings. The Kier molecular flexibility index (Phi) is 6.30. The van der Waals surface area contributed by atoms with Crippen molar-refractivity contribution >= 4 is 5.97 Å². The van der Waals surface area contributed by atoms with Crippen LogP contribution >= 0.6 is 0 Å². The summed E-state index contributed by atoms with van der Waals surface area (Å²) in [4.78, 5) is 15.3. The van der Waals surface area contributed by atoms with Gasteiger partial charge in [0, 0.05) is 6.07 Å². The van der Waals surface area contributed by atoms with Gasteiger partial charge in [0.2, 0.25) is 5.88 Å². The smallest absolute Gasteiger partial charge is 0.306 e. The summed E-state index contributed by atoms with van der Waals surface area (Å²) in [5, 5.41) is 9.48. The van der Waals surface area contributed by atoms with Gasteiger partial charge in [0.25, 0.3) is 0 Å². The second-order valence-electron chi connectivity index (χ2n) is 8.61. The fourth-order valence-corrected chi connectivity index (χ4v) is 4.29. The molecule has 0 spiro atoms. The third kappa shape index (κ3) is 5.09. The Balaban J connectivity index is 1.29. The summed E-state index contributed by atoms with van der Waals surface area (Å²) in [6.07, 6.45) is 4.77. The van der Waals surface area contributed by atoms with E-state index in [1.165, 1.54) is 13.2 Å². The molecule has 1 heterocycles. The Bertz CT molecular complexity index is 926. The van der Waals surface area contributed by atoms with E-state index in [1.807, 2.05) is 24.3 Å². The molecule has 2 aliphatic carbocycles. The molecule has 2 atom stereocenters. The molecule has 166 valence electrons. The van der Waals surface area contributed by atoms with Crippen molar-refractivity contribution in [2.45, 2.75) is 44.6 Å². The molecule has 1 N–H and O–H groups in total. The SMILES string of the molecule is COc1cc(OC2CC(COc3cccc([C@H](C4CC4)[C@H](C)C(=O)O)c3)C2)c(F)cn1. The molecule has 4 rings (SSSR count). The van der Waals surface area contributed by atoms with Crippen LogP contribution in [0.25, 0.3) is 0 Å². The molecule has 2 aromatic rings. The van der Waals surface area contributed by atoms with Crippen molar-refractivity contribution in [2.75, 3.05) is 13.7 Å². The Labute approximate surface area is 181 Å². The van der Waals surface area contributed by atoms with E-state index in [0.29, 0.717) is 24.3 Å². The lowest BCUT2D eigenvalue weighted by Gasteiger charge is -2.35. The zero-order valence-electron chi connectivity index (χ0n) is 17.8. The summed E-state index contributed by atoms with van der Waals surface area (Å²) in [7, 11) is 1.48. The van der Waals surface area contributed by atoms with Gasteiger partial charge in [-0.3, -0.25) is 4.79 Å². The number of ether oxygens (including phenoxy) is 3. The van der Waals surface area contributed by atoms with Crippen molar-refractivity contribution < 1.29 is 28.5 Å². The lowest BCUT2D eigenvalue weighted by Crippen LogP contribution is -2.37. The molecule has 0 bridgehead atoms. The predicted molar refractivity (Wildman–Crippen MR) is 112 cm³/mol. The normalized spacial score (nSPS) is 22.2. The lowest BCUT2D eigenvalue weighted by atomic mass is 9.82. The maximum Gasteiger partial charge on any atom is 0.306 e. The number of halogens is 1. The van der Waals surface area contributed by atoms with Crippen molar-refractivity contribution in [1.29, 1.82) is 0 Å². The molecule has 0 amide bonds. The minimum Gasteiger partial charge on any atom is -0.493 e. The van der Waals surface area contributed by atoms with Crippen LogP contribution in [0, 0.1) is 23.6 Å². The maximum atomic E-state index is 13.9. The highest BCUT2D eigenvalue weighted by atomic mass is 19.1. The van der Waals surface area contributed by atoms with Gasteiger partial charge in [0.1, 0.15) is 5.75 Å². The number of hydrogen-bond acceptors (Lipinski definition) is 5.